The summed E-state index contributed by atoms with van der Waals surface area (Å²) >= 11 is 0. The first kappa shape index (κ1) is 32.3. The molecule has 0 fully saturated rings. The molecule has 0 atom stereocenters. The molecule has 0 aliphatic carbocycles. The van der Waals surface area contributed by atoms with Crippen molar-refractivity contribution in [2.24, 2.45) is 0 Å². The van der Waals surface area contributed by atoms with Gasteiger partial charge in [0.25, 0.3) is 5.56 Å². The first-order valence-electron chi connectivity index (χ1n) is 14.5. The smallest absolute Gasteiger partial charge is 0.420 e. The van der Waals surface area contributed by atoms with Gasteiger partial charge in [0.2, 0.25) is 0 Å². The number of amides is 2. The predicted octanol–water partition coefficient (Wildman–Crippen LogP) is 6.69. The van der Waals surface area contributed by atoms with E-state index >= 15 is 4.39 Å². The number of nitrogens with one attached hydrogen (secondary N) is 2. The van der Waals surface area contributed by atoms with Crippen LogP contribution in [0.5, 0.6) is 0 Å². The maximum absolute atomic E-state index is 15.7. The molecule has 47 heavy (non-hydrogen) atoms. The highest BCUT2D eigenvalue weighted by Gasteiger charge is 2.33. The van der Waals surface area contributed by atoms with Crippen molar-refractivity contribution in [2.45, 2.75) is 59.3 Å². The molecule has 5 rings (SSSR count). The molecule has 0 unspecified atom stereocenters. The van der Waals surface area contributed by atoms with Crippen molar-refractivity contribution in [1.29, 1.82) is 10.5 Å². The molecule has 2 N–H and O–H groups in total. The number of nitrogens with zero attached hydrogens (tertiary/aromatic N) is 5. The zero-order chi connectivity index (χ0) is 34.3. The number of hydrogen-bond acceptors (Lipinski definition) is 9. The van der Waals surface area contributed by atoms with Gasteiger partial charge in [0.05, 0.1) is 46.2 Å². The van der Waals surface area contributed by atoms with Crippen LogP contribution in [-0.4, -0.2) is 48.7 Å². The Hall–Kier alpha value is -6.08. The van der Waals surface area contributed by atoms with Crippen molar-refractivity contribution < 1.29 is 23.5 Å². The summed E-state index contributed by atoms with van der Waals surface area (Å²) in [6, 6.07) is 15.3. The summed E-state index contributed by atoms with van der Waals surface area (Å²) in [7, 11) is 0. The van der Waals surface area contributed by atoms with Crippen LogP contribution >= 0.6 is 0 Å². The molecule has 0 spiro atoms. The van der Waals surface area contributed by atoms with E-state index in [1.54, 1.807) is 65.8 Å². The maximum atomic E-state index is 15.7. The number of rotatable bonds is 4. The molecular formula is C34H30FN7O5. The zero-order valence-corrected chi connectivity index (χ0v) is 26.5. The van der Waals surface area contributed by atoms with Gasteiger partial charge in [-0.1, -0.05) is 24.3 Å². The molecule has 5 aromatic rings. The van der Waals surface area contributed by atoms with Crippen LogP contribution in [0.25, 0.3) is 43.9 Å². The van der Waals surface area contributed by atoms with E-state index in [0.717, 1.165) is 0 Å². The average Bonchev–Trinajstić information content (AvgIpc) is 3.47. The van der Waals surface area contributed by atoms with Crippen molar-refractivity contribution in [2.75, 3.05) is 0 Å². The molecule has 3 aromatic carbocycles. The average molecular weight is 636 g/mol. The standard InChI is InChI=1S/C34H30FN7O5/c1-33(2,3)46-31(44)42(32(45)47-34(4,5)6)17-26-22-12-19(11-20(14-36)27(22)30(43)41-39-26)24-16-38-40-29(24)28-23(15-37)21-10-8-7-9-18(21)13-25(28)35/h7-13,16H,17H2,1-6H3,(H,38,40)(H,41,43). The third-order valence-corrected chi connectivity index (χ3v) is 6.94. The summed E-state index contributed by atoms with van der Waals surface area (Å²) in [5.41, 5.74) is -1.78. The Morgan fingerprint density at radius 3 is 2.21 bits per heavy atom. The maximum Gasteiger partial charge on any atom is 0.420 e. The second-order valence-electron chi connectivity index (χ2n) is 12.7. The summed E-state index contributed by atoms with van der Waals surface area (Å²) in [5, 5.41) is 34.7. The van der Waals surface area contributed by atoms with E-state index in [9.17, 15) is 24.9 Å². The Morgan fingerprint density at radius 1 is 0.936 bits per heavy atom. The number of carbonyl (C=O) groups excluding carboxylic acids is 2. The number of H-pyrrole nitrogens is 2. The molecule has 0 saturated heterocycles. The molecule has 2 aromatic heterocycles. The summed E-state index contributed by atoms with van der Waals surface area (Å²) in [6.07, 6.45) is -0.628. The lowest BCUT2D eigenvalue weighted by Crippen LogP contribution is -2.43. The number of ether oxygens (including phenoxy) is 2. The van der Waals surface area contributed by atoms with Crippen molar-refractivity contribution in [3.8, 4) is 34.5 Å². The van der Waals surface area contributed by atoms with E-state index < -0.39 is 41.3 Å². The van der Waals surface area contributed by atoms with Crippen molar-refractivity contribution in [1.82, 2.24) is 25.3 Å². The molecule has 2 heterocycles. The topological polar surface area (TPSA) is 178 Å². The Bertz CT molecular complexity index is 2180. The lowest BCUT2D eigenvalue weighted by atomic mass is 9.92. The molecule has 238 valence electrons. The number of fused-ring (bicyclic) bond motifs is 2. The molecule has 13 heteroatoms. The number of benzene rings is 3. The zero-order valence-electron chi connectivity index (χ0n) is 26.5. The second kappa shape index (κ2) is 12.0. The monoisotopic (exact) mass is 635 g/mol. The quantitative estimate of drug-likeness (QED) is 0.218. The van der Waals surface area contributed by atoms with Gasteiger partial charge in [0.1, 0.15) is 29.2 Å². The Balaban J connectivity index is 1.71. The molecule has 0 bridgehead atoms. The van der Waals surface area contributed by atoms with E-state index in [2.05, 4.69) is 26.5 Å². The van der Waals surface area contributed by atoms with Crippen LogP contribution in [0, 0.1) is 28.5 Å². The summed E-state index contributed by atoms with van der Waals surface area (Å²) in [4.78, 5) is 40.2. The van der Waals surface area contributed by atoms with Crippen LogP contribution < -0.4 is 5.56 Å². The van der Waals surface area contributed by atoms with Gasteiger partial charge in [-0.25, -0.2) is 24.0 Å². The van der Waals surface area contributed by atoms with E-state index in [1.807, 2.05) is 6.07 Å². The fourth-order valence-electron chi connectivity index (χ4n) is 5.07. The highest BCUT2D eigenvalue weighted by Crippen LogP contribution is 2.38. The van der Waals surface area contributed by atoms with Crippen LogP contribution in [0.15, 0.2) is 53.5 Å². The van der Waals surface area contributed by atoms with Crippen LogP contribution in [0.1, 0.15) is 58.4 Å². The molecule has 0 saturated carbocycles. The normalized spacial score (nSPS) is 11.6. The minimum Gasteiger partial charge on any atom is -0.443 e. The second-order valence-corrected chi connectivity index (χ2v) is 12.7. The Labute approximate surface area is 268 Å². The van der Waals surface area contributed by atoms with Gasteiger partial charge in [0.15, 0.2) is 0 Å². The summed E-state index contributed by atoms with van der Waals surface area (Å²) in [6.45, 7) is 9.31. The lowest BCUT2D eigenvalue weighted by molar-refractivity contribution is -0.000434. The fraction of sp³-hybridized carbons (Fsp3) is 0.265. The lowest BCUT2D eigenvalue weighted by Gasteiger charge is -2.28. The van der Waals surface area contributed by atoms with Gasteiger partial charge in [-0.05, 0) is 70.7 Å². The highest BCUT2D eigenvalue weighted by molar-refractivity contribution is 5.99. The number of hydrogen-bond donors (Lipinski definition) is 2. The van der Waals surface area contributed by atoms with Crippen molar-refractivity contribution in [3.05, 3.63) is 81.7 Å². The molecule has 0 aliphatic rings. The minimum atomic E-state index is -1.02. The van der Waals surface area contributed by atoms with Crippen LogP contribution in [0.3, 0.4) is 0 Å². The fourth-order valence-corrected chi connectivity index (χ4v) is 5.07. The number of halogens is 1. The van der Waals surface area contributed by atoms with Crippen molar-refractivity contribution in [3.63, 3.8) is 0 Å². The Morgan fingerprint density at radius 2 is 1.60 bits per heavy atom. The molecule has 0 aliphatic heterocycles. The number of aromatic nitrogens is 4. The van der Waals surface area contributed by atoms with Gasteiger partial charge in [-0.2, -0.15) is 20.7 Å². The summed E-state index contributed by atoms with van der Waals surface area (Å²) < 4.78 is 26.6. The van der Waals surface area contributed by atoms with Gasteiger partial charge in [0, 0.05) is 16.3 Å². The van der Waals surface area contributed by atoms with E-state index in [-0.39, 0.29) is 38.9 Å². The molecule has 2 amide bonds. The number of imide groups is 1. The molecule has 0 radical (unpaired) electrons. The first-order valence-corrected chi connectivity index (χ1v) is 14.5. The molecule has 12 nitrogen and oxygen atoms in total. The third kappa shape index (κ3) is 6.51. The van der Waals surface area contributed by atoms with Gasteiger partial charge >= 0.3 is 12.2 Å². The van der Waals surface area contributed by atoms with Crippen LogP contribution in [0.4, 0.5) is 14.0 Å². The van der Waals surface area contributed by atoms with Crippen LogP contribution in [0.2, 0.25) is 0 Å². The van der Waals surface area contributed by atoms with Gasteiger partial charge in [-0.15, -0.1) is 0 Å². The van der Waals surface area contributed by atoms with Gasteiger partial charge < -0.3 is 9.47 Å². The predicted molar refractivity (Wildman–Crippen MR) is 170 cm³/mol. The van der Waals surface area contributed by atoms with Crippen molar-refractivity contribution >= 4 is 33.7 Å². The first-order chi connectivity index (χ1) is 22.1. The largest absolute Gasteiger partial charge is 0.443 e. The van der Waals surface area contributed by atoms with E-state index in [0.29, 0.717) is 26.8 Å². The Kier molecular flexibility index (Phi) is 8.27. The highest BCUT2D eigenvalue weighted by atomic mass is 19.1. The molecular weight excluding hydrogens is 605 g/mol. The number of carbonyl (C=O) groups is 2. The minimum absolute atomic E-state index is 0.0254. The van der Waals surface area contributed by atoms with Crippen LogP contribution in [-0.2, 0) is 16.0 Å². The van der Waals surface area contributed by atoms with E-state index in [1.165, 1.54) is 24.4 Å². The number of aromatic amines is 2. The SMILES string of the molecule is CC(C)(C)OC(=O)N(Cc1n[nH]c(=O)c2c(C#N)cc(-c3cn[nH]c3-c3c(F)cc4ccccc4c3C#N)cc12)C(=O)OC(C)(C)C. The van der Waals surface area contributed by atoms with Gasteiger partial charge in [-0.3, -0.25) is 9.89 Å². The van der Waals surface area contributed by atoms with E-state index in [4.69, 9.17) is 9.47 Å². The third-order valence-electron chi connectivity index (χ3n) is 6.94. The summed E-state index contributed by atoms with van der Waals surface area (Å²) in [5.74, 6) is -0.670. The number of nitriles is 2.